The smallest absolute Gasteiger partial charge is 0.251 e. The van der Waals surface area contributed by atoms with Crippen molar-refractivity contribution in [2.45, 2.75) is 25.9 Å². The Labute approximate surface area is 114 Å². The average molecular weight is 265 g/mol. The Morgan fingerprint density at radius 2 is 2.16 bits per heavy atom. The van der Waals surface area contributed by atoms with E-state index in [1.807, 2.05) is 25.1 Å². The Morgan fingerprint density at radius 3 is 2.68 bits per heavy atom. The monoisotopic (exact) mass is 265 g/mol. The van der Waals surface area contributed by atoms with Crippen LogP contribution in [-0.4, -0.2) is 37.8 Å². The van der Waals surface area contributed by atoms with Crippen LogP contribution in [0.4, 0.5) is 11.4 Å². The summed E-state index contributed by atoms with van der Waals surface area (Å²) in [6, 6.07) is 5.27. The highest BCUT2D eigenvalue weighted by Gasteiger charge is 2.08. The van der Waals surface area contributed by atoms with Gasteiger partial charge in [0.25, 0.3) is 5.91 Å². The normalized spacial score (nSPS) is 12.0. The molecule has 0 fully saturated rings. The molecular weight excluding hydrogens is 242 g/mol. The standard InChI is InChI=1S/C14H23N3O2/c1-10(18)5-4-8-16-14(19)11-6-7-13(17(2)3)12(15)9-11/h6-7,9-10,18H,4-5,8,15H2,1-3H3,(H,16,19). The van der Waals surface area contributed by atoms with Gasteiger partial charge in [-0.1, -0.05) is 0 Å². The summed E-state index contributed by atoms with van der Waals surface area (Å²) in [5.41, 5.74) is 7.93. The summed E-state index contributed by atoms with van der Waals surface area (Å²) in [6.45, 7) is 2.29. The summed E-state index contributed by atoms with van der Waals surface area (Å²) in [5.74, 6) is -0.136. The molecule has 0 aliphatic carbocycles. The molecule has 19 heavy (non-hydrogen) atoms. The number of rotatable bonds is 6. The molecule has 0 saturated carbocycles. The molecule has 0 spiro atoms. The molecule has 0 aromatic heterocycles. The van der Waals surface area contributed by atoms with Gasteiger partial charge in [0.1, 0.15) is 0 Å². The molecule has 0 bridgehead atoms. The van der Waals surface area contributed by atoms with E-state index in [1.54, 1.807) is 19.1 Å². The largest absolute Gasteiger partial charge is 0.397 e. The van der Waals surface area contributed by atoms with E-state index in [0.717, 1.165) is 12.1 Å². The van der Waals surface area contributed by atoms with Crippen molar-refractivity contribution in [2.75, 3.05) is 31.3 Å². The molecule has 0 aliphatic heterocycles. The summed E-state index contributed by atoms with van der Waals surface area (Å²) in [6.07, 6.45) is 1.11. The van der Waals surface area contributed by atoms with E-state index in [2.05, 4.69) is 5.32 Å². The molecule has 0 saturated heterocycles. The third-order valence-electron chi connectivity index (χ3n) is 2.86. The van der Waals surface area contributed by atoms with E-state index < -0.39 is 0 Å². The first-order chi connectivity index (χ1) is 8.91. The second kappa shape index (κ2) is 6.99. The quantitative estimate of drug-likeness (QED) is 0.534. The molecule has 1 rings (SSSR count). The van der Waals surface area contributed by atoms with Crippen molar-refractivity contribution in [1.82, 2.24) is 5.32 Å². The number of aliphatic hydroxyl groups is 1. The van der Waals surface area contributed by atoms with Gasteiger partial charge in [0, 0.05) is 26.2 Å². The second-order valence-corrected chi connectivity index (χ2v) is 4.92. The molecule has 106 valence electrons. The number of aliphatic hydroxyl groups excluding tert-OH is 1. The van der Waals surface area contributed by atoms with Crippen molar-refractivity contribution >= 4 is 17.3 Å². The van der Waals surface area contributed by atoms with E-state index in [9.17, 15) is 4.79 Å². The predicted octanol–water partition coefficient (Wildman–Crippen LogP) is 1.23. The Bertz CT molecular complexity index is 431. The highest BCUT2D eigenvalue weighted by Crippen LogP contribution is 2.22. The Balaban J connectivity index is 2.56. The summed E-state index contributed by atoms with van der Waals surface area (Å²) in [4.78, 5) is 13.8. The number of amides is 1. The van der Waals surface area contributed by atoms with Crippen molar-refractivity contribution in [2.24, 2.45) is 0 Å². The zero-order chi connectivity index (χ0) is 14.4. The van der Waals surface area contributed by atoms with Crippen LogP contribution in [0.15, 0.2) is 18.2 Å². The van der Waals surface area contributed by atoms with E-state index in [4.69, 9.17) is 10.8 Å². The van der Waals surface area contributed by atoms with E-state index in [0.29, 0.717) is 24.2 Å². The van der Waals surface area contributed by atoms with E-state index >= 15 is 0 Å². The fourth-order valence-electron chi connectivity index (χ4n) is 1.80. The third kappa shape index (κ3) is 4.79. The van der Waals surface area contributed by atoms with Gasteiger partial charge in [-0.25, -0.2) is 0 Å². The first-order valence-electron chi connectivity index (χ1n) is 6.45. The summed E-state index contributed by atoms with van der Waals surface area (Å²) < 4.78 is 0. The summed E-state index contributed by atoms with van der Waals surface area (Å²) >= 11 is 0. The summed E-state index contributed by atoms with van der Waals surface area (Å²) in [5, 5.41) is 11.9. The number of nitrogens with two attached hydrogens (primary N) is 1. The molecular formula is C14H23N3O2. The molecule has 1 unspecified atom stereocenters. The van der Waals surface area contributed by atoms with Crippen molar-refractivity contribution in [3.8, 4) is 0 Å². The predicted molar refractivity (Wildman–Crippen MR) is 78.4 cm³/mol. The zero-order valence-corrected chi connectivity index (χ0v) is 11.8. The molecule has 1 aromatic rings. The van der Waals surface area contributed by atoms with Crippen LogP contribution in [0, 0.1) is 0 Å². The van der Waals surface area contributed by atoms with Crippen LogP contribution < -0.4 is 16.0 Å². The maximum atomic E-state index is 11.9. The van der Waals surface area contributed by atoms with Crippen molar-refractivity contribution < 1.29 is 9.90 Å². The lowest BCUT2D eigenvalue weighted by Gasteiger charge is -2.16. The SMILES string of the molecule is CC(O)CCCNC(=O)c1ccc(N(C)C)c(N)c1. The van der Waals surface area contributed by atoms with Crippen LogP contribution >= 0.6 is 0 Å². The number of nitrogen functional groups attached to an aromatic ring is 1. The van der Waals surface area contributed by atoms with Gasteiger partial charge in [-0.15, -0.1) is 0 Å². The number of benzene rings is 1. The van der Waals surface area contributed by atoms with Crippen LogP contribution in [0.2, 0.25) is 0 Å². The Morgan fingerprint density at radius 1 is 1.47 bits per heavy atom. The molecule has 5 heteroatoms. The molecule has 0 radical (unpaired) electrons. The number of nitrogens with one attached hydrogen (secondary N) is 1. The van der Waals surface area contributed by atoms with Crippen LogP contribution in [0.5, 0.6) is 0 Å². The maximum absolute atomic E-state index is 11.9. The zero-order valence-electron chi connectivity index (χ0n) is 11.8. The van der Waals surface area contributed by atoms with Gasteiger partial charge in [0.2, 0.25) is 0 Å². The lowest BCUT2D eigenvalue weighted by atomic mass is 10.1. The Kier molecular flexibility index (Phi) is 5.63. The van der Waals surface area contributed by atoms with E-state index in [1.165, 1.54) is 0 Å². The van der Waals surface area contributed by atoms with Gasteiger partial charge < -0.3 is 21.1 Å². The van der Waals surface area contributed by atoms with Crippen LogP contribution in [0.1, 0.15) is 30.1 Å². The van der Waals surface area contributed by atoms with Gasteiger partial charge in [-0.05, 0) is 38.0 Å². The molecule has 4 N–H and O–H groups in total. The fraction of sp³-hybridized carbons (Fsp3) is 0.500. The number of hydrogen-bond acceptors (Lipinski definition) is 4. The van der Waals surface area contributed by atoms with Gasteiger partial charge in [0.05, 0.1) is 17.5 Å². The molecule has 0 aliphatic rings. The van der Waals surface area contributed by atoms with Gasteiger partial charge >= 0.3 is 0 Å². The van der Waals surface area contributed by atoms with Crippen molar-refractivity contribution in [3.63, 3.8) is 0 Å². The highest BCUT2D eigenvalue weighted by molar-refractivity contribution is 5.96. The minimum Gasteiger partial charge on any atom is -0.397 e. The lowest BCUT2D eigenvalue weighted by Crippen LogP contribution is -2.25. The van der Waals surface area contributed by atoms with Crippen LogP contribution in [0.3, 0.4) is 0 Å². The number of anilines is 2. The molecule has 0 heterocycles. The number of nitrogens with zero attached hydrogens (tertiary/aromatic N) is 1. The molecule has 5 nitrogen and oxygen atoms in total. The number of carbonyl (C=O) groups excluding carboxylic acids is 1. The number of hydrogen-bond donors (Lipinski definition) is 3. The Hall–Kier alpha value is -1.75. The minimum atomic E-state index is -0.327. The molecule has 1 amide bonds. The molecule has 1 atom stereocenters. The van der Waals surface area contributed by atoms with Gasteiger partial charge in [0.15, 0.2) is 0 Å². The number of carbonyl (C=O) groups is 1. The topological polar surface area (TPSA) is 78.6 Å². The van der Waals surface area contributed by atoms with Gasteiger partial charge in [-0.3, -0.25) is 4.79 Å². The maximum Gasteiger partial charge on any atom is 0.251 e. The van der Waals surface area contributed by atoms with E-state index in [-0.39, 0.29) is 12.0 Å². The van der Waals surface area contributed by atoms with Gasteiger partial charge in [-0.2, -0.15) is 0 Å². The van der Waals surface area contributed by atoms with Crippen molar-refractivity contribution in [3.05, 3.63) is 23.8 Å². The summed E-state index contributed by atoms with van der Waals surface area (Å²) in [7, 11) is 3.81. The third-order valence-corrected chi connectivity index (χ3v) is 2.86. The lowest BCUT2D eigenvalue weighted by molar-refractivity contribution is 0.0949. The van der Waals surface area contributed by atoms with Crippen LogP contribution in [0.25, 0.3) is 0 Å². The highest BCUT2D eigenvalue weighted by atomic mass is 16.3. The van der Waals surface area contributed by atoms with Crippen molar-refractivity contribution in [1.29, 1.82) is 0 Å². The first-order valence-corrected chi connectivity index (χ1v) is 6.45. The molecule has 1 aromatic carbocycles. The average Bonchev–Trinajstić information content (AvgIpc) is 2.33. The minimum absolute atomic E-state index is 0.136. The van der Waals surface area contributed by atoms with Crippen LogP contribution in [-0.2, 0) is 0 Å². The first kappa shape index (κ1) is 15.3. The second-order valence-electron chi connectivity index (χ2n) is 4.92. The fourth-order valence-corrected chi connectivity index (χ4v) is 1.80.